The van der Waals surface area contributed by atoms with E-state index in [2.05, 4.69) is 26.1 Å². The number of aromatic nitrogens is 2. The van der Waals surface area contributed by atoms with Crippen molar-refractivity contribution in [3.8, 4) is 5.75 Å². The van der Waals surface area contributed by atoms with Gasteiger partial charge in [-0.1, -0.05) is 17.7 Å². The lowest BCUT2D eigenvalue weighted by molar-refractivity contribution is 0.0963. The summed E-state index contributed by atoms with van der Waals surface area (Å²) in [5.41, 5.74) is 4.57. The Morgan fingerprint density at radius 2 is 1.88 bits per heavy atom. The first-order chi connectivity index (χ1) is 15.7. The molecule has 0 aliphatic carbocycles. The number of halogens is 3. The molecule has 176 valence electrons. The summed E-state index contributed by atoms with van der Waals surface area (Å²) in [5.74, 6) is -0.167. The Labute approximate surface area is 201 Å². The normalized spacial score (nSPS) is 10.2. The van der Waals surface area contributed by atoms with Crippen LogP contribution in [0, 0.1) is 5.82 Å². The van der Waals surface area contributed by atoms with Gasteiger partial charge in [-0.3, -0.25) is 15.1 Å². The van der Waals surface area contributed by atoms with Gasteiger partial charge < -0.3 is 15.4 Å². The van der Waals surface area contributed by atoms with Crippen molar-refractivity contribution in [1.29, 1.82) is 0 Å². The summed E-state index contributed by atoms with van der Waals surface area (Å²) >= 11 is 11.7. The van der Waals surface area contributed by atoms with Gasteiger partial charge in [0.25, 0.3) is 5.91 Å². The van der Waals surface area contributed by atoms with Crippen LogP contribution in [-0.4, -0.2) is 36.1 Å². The number of nitrogens with one attached hydrogen (secondary N) is 3. The lowest BCUT2D eigenvalue weighted by Gasteiger charge is -2.13. The zero-order chi connectivity index (χ0) is 24.4. The summed E-state index contributed by atoms with van der Waals surface area (Å²) in [6.45, 7) is 3.81. The summed E-state index contributed by atoms with van der Waals surface area (Å²) in [6.07, 6.45) is 1.01. The fourth-order valence-electron chi connectivity index (χ4n) is 2.48. The summed E-state index contributed by atoms with van der Waals surface area (Å²) < 4.78 is 19.0. The molecule has 0 saturated carbocycles. The van der Waals surface area contributed by atoms with Gasteiger partial charge in [-0.25, -0.2) is 9.37 Å². The Balaban J connectivity index is 0.000000257. The molecule has 0 saturated heterocycles. The number of carbonyl (C=O) groups excluding carboxylic acids is 1. The van der Waals surface area contributed by atoms with Gasteiger partial charge in [-0.05, 0) is 61.8 Å². The third-order valence-electron chi connectivity index (χ3n) is 3.84. The second kappa shape index (κ2) is 12.8. The van der Waals surface area contributed by atoms with Gasteiger partial charge in [-0.2, -0.15) is 4.98 Å². The average molecular weight is 496 g/mol. The van der Waals surface area contributed by atoms with Crippen molar-refractivity contribution in [1.82, 2.24) is 15.3 Å². The number of anilines is 3. The van der Waals surface area contributed by atoms with E-state index in [4.69, 9.17) is 32.8 Å². The fourth-order valence-corrected chi connectivity index (χ4v) is 2.84. The number of amides is 1. The van der Waals surface area contributed by atoms with E-state index < -0.39 is 5.82 Å². The molecule has 2 aromatic carbocycles. The Hall–Kier alpha value is -3.14. The van der Waals surface area contributed by atoms with Gasteiger partial charge in [-0.15, -0.1) is 0 Å². The third-order valence-corrected chi connectivity index (χ3v) is 4.32. The van der Waals surface area contributed by atoms with E-state index in [9.17, 15) is 9.18 Å². The van der Waals surface area contributed by atoms with E-state index in [1.807, 2.05) is 19.9 Å². The van der Waals surface area contributed by atoms with Crippen LogP contribution in [-0.2, 0) is 4.84 Å². The standard InChI is InChI=1S/C13H12Cl2FN3O.C9H12N2O2/c1-7(2)20-11-4-3-8(5-9(11)14)18-12-10(16)6-17-13(15)19-12;1-10-9(12)7-4-3-5-8(6-7)11-13-2/h3-7H,1-2H3,(H,17,18,19);3-6,11H,1-2H3,(H,10,12). The van der Waals surface area contributed by atoms with Crippen LogP contribution in [0.2, 0.25) is 10.3 Å². The SMILES string of the molecule is CC(C)Oc1ccc(Nc2nc(Cl)ncc2F)cc1Cl.CNC(=O)c1cccc(NOC)c1. The summed E-state index contributed by atoms with van der Waals surface area (Å²) in [7, 11) is 3.12. The molecular weight excluding hydrogens is 472 g/mol. The predicted octanol–water partition coefficient (Wildman–Crippen LogP) is 5.47. The van der Waals surface area contributed by atoms with Crippen molar-refractivity contribution < 1.29 is 18.8 Å². The molecule has 0 atom stereocenters. The number of benzene rings is 2. The van der Waals surface area contributed by atoms with Crippen LogP contribution in [0.5, 0.6) is 5.75 Å². The van der Waals surface area contributed by atoms with E-state index in [0.717, 1.165) is 11.9 Å². The van der Waals surface area contributed by atoms with Gasteiger partial charge in [0.15, 0.2) is 11.6 Å². The van der Waals surface area contributed by atoms with E-state index >= 15 is 0 Å². The van der Waals surface area contributed by atoms with Crippen LogP contribution in [0.15, 0.2) is 48.7 Å². The summed E-state index contributed by atoms with van der Waals surface area (Å²) in [4.78, 5) is 23.2. The van der Waals surface area contributed by atoms with Crippen molar-refractivity contribution in [3.63, 3.8) is 0 Å². The Bertz CT molecular complexity index is 1090. The number of hydrogen-bond acceptors (Lipinski definition) is 7. The van der Waals surface area contributed by atoms with Crippen molar-refractivity contribution in [2.75, 3.05) is 25.0 Å². The smallest absolute Gasteiger partial charge is 0.251 e. The Morgan fingerprint density at radius 1 is 1.12 bits per heavy atom. The third kappa shape index (κ3) is 8.38. The van der Waals surface area contributed by atoms with E-state index in [-0.39, 0.29) is 23.1 Å². The van der Waals surface area contributed by atoms with Crippen LogP contribution in [0.1, 0.15) is 24.2 Å². The molecule has 33 heavy (non-hydrogen) atoms. The molecule has 1 heterocycles. The van der Waals surface area contributed by atoms with Crippen molar-refractivity contribution in [2.45, 2.75) is 20.0 Å². The molecular formula is C22H24Cl2FN5O3. The topological polar surface area (TPSA) is 97.4 Å². The Morgan fingerprint density at radius 3 is 2.52 bits per heavy atom. The maximum atomic E-state index is 13.5. The van der Waals surface area contributed by atoms with E-state index in [1.54, 1.807) is 43.4 Å². The highest BCUT2D eigenvalue weighted by Crippen LogP contribution is 2.30. The number of carbonyl (C=O) groups is 1. The van der Waals surface area contributed by atoms with Crippen molar-refractivity contribution >= 4 is 46.3 Å². The molecule has 11 heteroatoms. The van der Waals surface area contributed by atoms with E-state index in [0.29, 0.717) is 22.0 Å². The molecule has 8 nitrogen and oxygen atoms in total. The molecule has 0 radical (unpaired) electrons. The van der Waals surface area contributed by atoms with Crippen LogP contribution >= 0.6 is 23.2 Å². The first-order valence-corrected chi connectivity index (χ1v) is 10.5. The molecule has 3 N–H and O–H groups in total. The van der Waals surface area contributed by atoms with Crippen molar-refractivity contribution in [2.24, 2.45) is 0 Å². The minimum absolute atomic E-state index is 0.0152. The monoisotopic (exact) mass is 495 g/mol. The first kappa shape index (κ1) is 26.1. The lowest BCUT2D eigenvalue weighted by atomic mass is 10.2. The number of rotatable bonds is 7. The second-order valence-electron chi connectivity index (χ2n) is 6.74. The van der Waals surface area contributed by atoms with Crippen LogP contribution < -0.4 is 20.9 Å². The number of ether oxygens (including phenoxy) is 1. The zero-order valence-electron chi connectivity index (χ0n) is 18.4. The molecule has 0 spiro atoms. The highest BCUT2D eigenvalue weighted by Gasteiger charge is 2.09. The van der Waals surface area contributed by atoms with Crippen molar-refractivity contribution in [3.05, 3.63) is 70.3 Å². The first-order valence-electron chi connectivity index (χ1n) is 9.76. The van der Waals surface area contributed by atoms with Crippen LogP contribution in [0.4, 0.5) is 21.6 Å². The quantitative estimate of drug-likeness (QED) is 0.295. The number of hydrogen-bond donors (Lipinski definition) is 3. The maximum Gasteiger partial charge on any atom is 0.251 e. The molecule has 0 unspecified atom stereocenters. The molecule has 1 amide bonds. The van der Waals surface area contributed by atoms with Crippen LogP contribution in [0.3, 0.4) is 0 Å². The summed E-state index contributed by atoms with van der Waals surface area (Å²) in [5, 5.41) is 5.71. The molecule has 0 aliphatic heterocycles. The molecule has 0 bridgehead atoms. The zero-order valence-corrected chi connectivity index (χ0v) is 20.0. The number of nitrogens with zero attached hydrogens (tertiary/aromatic N) is 2. The molecule has 3 aromatic rings. The largest absolute Gasteiger partial charge is 0.489 e. The average Bonchev–Trinajstić information content (AvgIpc) is 2.78. The molecule has 3 rings (SSSR count). The van der Waals surface area contributed by atoms with Crippen LogP contribution in [0.25, 0.3) is 0 Å². The fraction of sp³-hybridized carbons (Fsp3) is 0.227. The molecule has 0 aliphatic rings. The van der Waals surface area contributed by atoms with Gasteiger partial charge in [0.2, 0.25) is 5.28 Å². The summed E-state index contributed by atoms with van der Waals surface area (Å²) in [6, 6.07) is 12.1. The maximum absolute atomic E-state index is 13.5. The van der Waals surface area contributed by atoms with E-state index in [1.165, 1.54) is 7.11 Å². The molecule has 0 fully saturated rings. The van der Waals surface area contributed by atoms with Gasteiger partial charge in [0.1, 0.15) is 5.75 Å². The highest BCUT2D eigenvalue weighted by atomic mass is 35.5. The molecule has 1 aromatic heterocycles. The minimum atomic E-state index is -0.604. The Kier molecular flexibility index (Phi) is 10.1. The van der Waals surface area contributed by atoms with Gasteiger partial charge in [0.05, 0.1) is 30.1 Å². The predicted molar refractivity (Wildman–Crippen MR) is 128 cm³/mol. The lowest BCUT2D eigenvalue weighted by Crippen LogP contribution is -2.17. The highest BCUT2D eigenvalue weighted by molar-refractivity contribution is 6.32. The minimum Gasteiger partial charge on any atom is -0.489 e. The second-order valence-corrected chi connectivity index (χ2v) is 7.48. The van der Waals surface area contributed by atoms with Gasteiger partial charge in [0, 0.05) is 18.3 Å². The van der Waals surface area contributed by atoms with Gasteiger partial charge >= 0.3 is 0 Å².